The second kappa shape index (κ2) is 14.0. The zero-order valence-corrected chi connectivity index (χ0v) is 27.5. The molecular weight excluding hydrogens is 591 g/mol. The Labute approximate surface area is 270 Å². The quantitative estimate of drug-likeness (QED) is 0.311. The van der Waals surface area contributed by atoms with E-state index >= 15 is 0 Å². The second-order valence-corrected chi connectivity index (χ2v) is 14.5. The van der Waals surface area contributed by atoms with Crippen LogP contribution in [0.2, 0.25) is 0 Å². The molecule has 46 heavy (non-hydrogen) atoms. The first-order valence-electron chi connectivity index (χ1n) is 16.9. The number of rotatable bonds is 8. The van der Waals surface area contributed by atoms with E-state index in [-0.39, 0.29) is 35.3 Å². The normalized spacial score (nSPS) is 24.8. The summed E-state index contributed by atoms with van der Waals surface area (Å²) in [5.41, 5.74) is 0.801. The number of amides is 3. The highest BCUT2D eigenvalue weighted by molar-refractivity contribution is 6.01. The molecule has 2 saturated carbocycles. The van der Waals surface area contributed by atoms with Gasteiger partial charge in [0.2, 0.25) is 11.8 Å². The van der Waals surface area contributed by atoms with Gasteiger partial charge in [0.15, 0.2) is 0 Å². The molecule has 0 radical (unpaired) electrons. The number of halogens is 1. The Bertz CT molecular complexity index is 1440. The summed E-state index contributed by atoms with van der Waals surface area (Å²) in [5, 5.41) is 16.0. The number of anilines is 1. The van der Waals surface area contributed by atoms with E-state index in [0.29, 0.717) is 49.2 Å². The van der Waals surface area contributed by atoms with Gasteiger partial charge in [-0.1, -0.05) is 32.1 Å². The van der Waals surface area contributed by atoms with Gasteiger partial charge in [-0.2, -0.15) is 0 Å². The molecular formula is C35H49FN4O6. The van der Waals surface area contributed by atoms with Gasteiger partial charge < -0.3 is 29.9 Å². The van der Waals surface area contributed by atoms with E-state index in [2.05, 4.69) is 10.6 Å². The molecule has 0 bridgehead atoms. The smallest absolute Gasteiger partial charge is 0.407 e. The average molecular weight is 641 g/mol. The van der Waals surface area contributed by atoms with E-state index in [0.717, 1.165) is 37.6 Å². The molecule has 3 fully saturated rings. The molecule has 1 saturated heterocycles. The molecule has 3 amide bonds. The van der Waals surface area contributed by atoms with Gasteiger partial charge in [0.05, 0.1) is 6.04 Å². The Morgan fingerprint density at radius 1 is 1.00 bits per heavy atom. The van der Waals surface area contributed by atoms with E-state index in [1.165, 1.54) is 6.42 Å². The van der Waals surface area contributed by atoms with Crippen LogP contribution in [0.5, 0.6) is 0 Å². The summed E-state index contributed by atoms with van der Waals surface area (Å²) in [6.45, 7) is 5.11. The average Bonchev–Trinajstić information content (AvgIpc) is 3.61. The van der Waals surface area contributed by atoms with Crippen LogP contribution in [0.25, 0.3) is 10.9 Å². The lowest BCUT2D eigenvalue weighted by molar-refractivity contribution is -0.142. The SMILES string of the molecule is Cn1c(C(=O)O)cc2cc(NC(=O)[C@H]3[C@H](C4CCCCC4)CCN3C(=O)C3CCC([C@@H](CF)NC(=O)OC(C)(C)C)CC3)ccc21. The Morgan fingerprint density at radius 3 is 2.33 bits per heavy atom. The minimum absolute atomic E-state index is 0.0154. The molecule has 1 aromatic heterocycles. The van der Waals surface area contributed by atoms with Gasteiger partial charge >= 0.3 is 12.1 Å². The molecule has 0 unspecified atom stereocenters. The van der Waals surface area contributed by atoms with Crippen molar-refractivity contribution in [3.63, 3.8) is 0 Å². The van der Waals surface area contributed by atoms with E-state index in [9.17, 15) is 28.7 Å². The first-order valence-corrected chi connectivity index (χ1v) is 16.9. The molecule has 2 heterocycles. The largest absolute Gasteiger partial charge is 0.477 e. The summed E-state index contributed by atoms with van der Waals surface area (Å²) < 4.78 is 20.9. The Balaban J connectivity index is 1.28. The van der Waals surface area contributed by atoms with Crippen molar-refractivity contribution in [3.05, 3.63) is 30.0 Å². The summed E-state index contributed by atoms with van der Waals surface area (Å²) in [7, 11) is 1.70. The number of hydrogen-bond donors (Lipinski definition) is 3. The standard InChI is InChI=1S/C35H49FN4O6/c1-35(2,3)46-34(45)38-27(20-36)22-10-12-23(13-11-22)32(42)40-17-16-26(21-8-6-5-7-9-21)30(40)31(41)37-25-14-15-28-24(18-25)19-29(33(43)44)39(28)4/h14-15,18-19,21-23,26-27,30H,5-13,16-17,20H2,1-4H3,(H,37,41)(H,38,45)(H,43,44)/t22?,23?,26-,27+,30+/m0/s1. The maximum absolute atomic E-state index is 14.1. The number of ether oxygens (including phenoxy) is 1. The first kappa shape index (κ1) is 33.7. The van der Waals surface area contributed by atoms with Crippen molar-refractivity contribution in [1.82, 2.24) is 14.8 Å². The van der Waals surface area contributed by atoms with E-state index in [1.54, 1.807) is 61.6 Å². The molecule has 252 valence electrons. The molecule has 3 aliphatic rings. The van der Waals surface area contributed by atoms with Crippen LogP contribution in [0.15, 0.2) is 24.3 Å². The lowest BCUT2D eigenvalue weighted by Gasteiger charge is -2.37. The molecule has 0 spiro atoms. The highest BCUT2D eigenvalue weighted by Crippen LogP contribution is 2.41. The van der Waals surface area contributed by atoms with E-state index in [1.807, 2.05) is 0 Å². The van der Waals surface area contributed by atoms with Crippen molar-refractivity contribution >= 4 is 40.5 Å². The third-order valence-electron chi connectivity index (χ3n) is 10.3. The molecule has 5 rings (SSSR count). The van der Waals surface area contributed by atoms with Gasteiger partial charge in [0.1, 0.15) is 24.0 Å². The van der Waals surface area contributed by atoms with Gasteiger partial charge in [-0.15, -0.1) is 0 Å². The van der Waals surface area contributed by atoms with Crippen LogP contribution < -0.4 is 10.6 Å². The summed E-state index contributed by atoms with van der Waals surface area (Å²) in [4.78, 5) is 53.9. The fraction of sp³-hybridized carbons (Fsp3) is 0.657. The van der Waals surface area contributed by atoms with E-state index in [4.69, 9.17) is 4.74 Å². The fourth-order valence-electron chi connectivity index (χ4n) is 8.05. The zero-order chi connectivity index (χ0) is 33.2. The van der Waals surface area contributed by atoms with Crippen molar-refractivity contribution in [3.8, 4) is 0 Å². The first-order chi connectivity index (χ1) is 21.9. The Hall–Kier alpha value is -3.63. The third kappa shape index (κ3) is 7.50. The number of fused-ring (bicyclic) bond motifs is 1. The van der Waals surface area contributed by atoms with Crippen LogP contribution in [0.3, 0.4) is 0 Å². The maximum atomic E-state index is 14.1. The Kier molecular flexibility index (Phi) is 10.3. The summed E-state index contributed by atoms with van der Waals surface area (Å²) in [6.07, 6.45) is 8.10. The monoisotopic (exact) mass is 640 g/mol. The van der Waals surface area contributed by atoms with Gasteiger partial charge in [-0.25, -0.2) is 14.0 Å². The highest BCUT2D eigenvalue weighted by atomic mass is 19.1. The molecule has 2 aliphatic carbocycles. The fourth-order valence-corrected chi connectivity index (χ4v) is 8.05. The molecule has 11 heteroatoms. The lowest BCUT2D eigenvalue weighted by Crippen LogP contribution is -2.50. The van der Waals surface area contributed by atoms with Gasteiger partial charge in [-0.3, -0.25) is 9.59 Å². The van der Waals surface area contributed by atoms with Gasteiger partial charge in [0.25, 0.3) is 0 Å². The molecule has 1 aliphatic heterocycles. The molecule has 1 aromatic carbocycles. The number of benzene rings is 1. The number of carbonyl (C=O) groups excluding carboxylic acids is 3. The third-order valence-corrected chi connectivity index (χ3v) is 10.3. The predicted octanol–water partition coefficient (Wildman–Crippen LogP) is 6.28. The minimum atomic E-state index is -1.02. The van der Waals surface area contributed by atoms with Crippen LogP contribution in [0.1, 0.15) is 95.5 Å². The number of aryl methyl sites for hydroxylation is 1. The summed E-state index contributed by atoms with van der Waals surface area (Å²) in [5.74, 6) is -1.13. The van der Waals surface area contributed by atoms with Crippen molar-refractivity contribution in [2.24, 2.45) is 30.7 Å². The maximum Gasteiger partial charge on any atom is 0.407 e. The van der Waals surface area contributed by atoms with Crippen LogP contribution in [-0.4, -0.2) is 69.4 Å². The lowest BCUT2D eigenvalue weighted by atomic mass is 9.76. The van der Waals surface area contributed by atoms with Crippen molar-refractivity contribution in [2.75, 3.05) is 18.5 Å². The molecule has 10 nitrogen and oxygen atoms in total. The predicted molar refractivity (Wildman–Crippen MR) is 173 cm³/mol. The van der Waals surface area contributed by atoms with Crippen molar-refractivity contribution in [2.45, 2.75) is 103 Å². The number of alkyl carbamates (subject to hydrolysis) is 1. The number of carboxylic acid groups (broad SMARTS) is 1. The minimum Gasteiger partial charge on any atom is -0.477 e. The number of alkyl halides is 1. The number of likely N-dealkylation sites (tertiary alicyclic amines) is 1. The second-order valence-electron chi connectivity index (χ2n) is 14.5. The number of carboxylic acids is 1. The number of carbonyl (C=O) groups is 4. The Morgan fingerprint density at radius 2 is 1.70 bits per heavy atom. The summed E-state index contributed by atoms with van der Waals surface area (Å²) in [6, 6.07) is 5.70. The number of hydrogen-bond acceptors (Lipinski definition) is 5. The van der Waals surface area contributed by atoms with Gasteiger partial charge in [-0.05, 0) is 94.9 Å². The van der Waals surface area contributed by atoms with Crippen molar-refractivity contribution < 1.29 is 33.4 Å². The van der Waals surface area contributed by atoms with Crippen LogP contribution in [0.4, 0.5) is 14.9 Å². The van der Waals surface area contributed by atoms with Gasteiger partial charge in [0, 0.05) is 36.1 Å². The summed E-state index contributed by atoms with van der Waals surface area (Å²) >= 11 is 0. The van der Waals surface area contributed by atoms with Crippen LogP contribution in [-0.2, 0) is 21.4 Å². The number of nitrogens with zero attached hydrogens (tertiary/aromatic N) is 2. The molecule has 3 N–H and O–H groups in total. The van der Waals surface area contributed by atoms with Crippen LogP contribution >= 0.6 is 0 Å². The number of nitrogens with one attached hydrogen (secondary N) is 2. The number of aromatic carboxylic acids is 1. The number of aromatic nitrogens is 1. The van der Waals surface area contributed by atoms with Crippen molar-refractivity contribution in [1.29, 1.82) is 0 Å². The molecule has 2 aromatic rings. The van der Waals surface area contributed by atoms with E-state index < -0.39 is 36.4 Å². The topological polar surface area (TPSA) is 130 Å². The van der Waals surface area contributed by atoms with Crippen LogP contribution in [0, 0.1) is 23.7 Å². The molecule has 3 atom stereocenters. The highest BCUT2D eigenvalue weighted by Gasteiger charge is 2.47. The zero-order valence-electron chi connectivity index (χ0n) is 27.5.